The molecule has 29 heavy (non-hydrogen) atoms. The number of hydrogen-bond acceptors (Lipinski definition) is 5. The van der Waals surface area contributed by atoms with Crippen molar-refractivity contribution in [2.45, 2.75) is 43.0 Å². The third-order valence-corrected chi connectivity index (χ3v) is 6.56. The zero-order chi connectivity index (χ0) is 22.0. The minimum Gasteiger partial charge on any atom is -0.480 e. The summed E-state index contributed by atoms with van der Waals surface area (Å²) in [5, 5.41) is 20.6. The largest absolute Gasteiger partial charge is 0.480 e. The number of piperidine rings is 1. The highest BCUT2D eigenvalue weighted by atomic mass is 32.2. The molecule has 1 fully saturated rings. The minimum absolute atomic E-state index is 0.0656. The number of aliphatic hydroxyl groups is 1. The number of halogens is 3. The van der Waals surface area contributed by atoms with E-state index in [2.05, 4.69) is 5.32 Å². The lowest BCUT2D eigenvalue weighted by molar-refractivity contribution is -0.145. The molecule has 1 aromatic carbocycles. The zero-order valence-electron chi connectivity index (χ0n) is 15.4. The van der Waals surface area contributed by atoms with Gasteiger partial charge in [0.15, 0.2) is 6.04 Å². The van der Waals surface area contributed by atoms with Crippen molar-refractivity contribution in [3.63, 3.8) is 0 Å². The van der Waals surface area contributed by atoms with Crippen molar-refractivity contribution in [2.24, 2.45) is 5.92 Å². The van der Waals surface area contributed by atoms with Crippen LogP contribution in [-0.2, 0) is 25.8 Å². The Morgan fingerprint density at radius 2 is 1.83 bits per heavy atom. The standard InChI is InChI=1S/C17H21F3N2O6S/c1-10(23)14(16(25)26)21-15(24)11-5-7-22(8-6-11)29(27,28)13-4-2-3-12(9-13)17(18,19)20/h2-4,9-11,14,23H,5-8H2,1H3,(H,21,24)(H,25,26). The first-order chi connectivity index (χ1) is 13.3. The van der Waals surface area contributed by atoms with E-state index in [1.807, 2.05) is 0 Å². The van der Waals surface area contributed by atoms with Crippen molar-refractivity contribution in [3.05, 3.63) is 29.8 Å². The van der Waals surface area contributed by atoms with Gasteiger partial charge in [0.2, 0.25) is 15.9 Å². The van der Waals surface area contributed by atoms with Crippen LogP contribution < -0.4 is 5.32 Å². The van der Waals surface area contributed by atoms with Crippen molar-refractivity contribution in [1.82, 2.24) is 9.62 Å². The second kappa shape index (κ2) is 8.67. The number of carboxylic acid groups (broad SMARTS) is 1. The van der Waals surface area contributed by atoms with E-state index in [0.717, 1.165) is 22.5 Å². The molecule has 8 nitrogen and oxygen atoms in total. The summed E-state index contributed by atoms with van der Waals surface area (Å²) in [5.41, 5.74) is -1.08. The Labute approximate surface area is 165 Å². The Morgan fingerprint density at radius 3 is 2.31 bits per heavy atom. The molecule has 12 heteroatoms. The maximum absolute atomic E-state index is 12.8. The molecule has 2 rings (SSSR count). The second-order valence-electron chi connectivity index (χ2n) is 6.77. The molecule has 0 aromatic heterocycles. The summed E-state index contributed by atoms with van der Waals surface area (Å²) >= 11 is 0. The normalized spacial score (nSPS) is 18.8. The molecule has 0 radical (unpaired) electrons. The third-order valence-electron chi connectivity index (χ3n) is 4.67. The highest BCUT2D eigenvalue weighted by Crippen LogP contribution is 2.32. The molecule has 1 saturated heterocycles. The number of amides is 1. The Kier molecular flexibility index (Phi) is 6.91. The van der Waals surface area contributed by atoms with Crippen molar-refractivity contribution >= 4 is 21.9 Å². The van der Waals surface area contributed by atoms with Gasteiger partial charge in [-0.1, -0.05) is 6.07 Å². The number of nitrogens with one attached hydrogen (secondary N) is 1. The number of carbonyl (C=O) groups excluding carboxylic acids is 1. The molecular formula is C17H21F3N2O6S. The predicted octanol–water partition coefficient (Wildman–Crippen LogP) is 1.06. The first-order valence-corrected chi connectivity index (χ1v) is 10.2. The van der Waals surface area contributed by atoms with Crippen molar-refractivity contribution in [2.75, 3.05) is 13.1 Å². The van der Waals surface area contributed by atoms with E-state index in [-0.39, 0.29) is 25.9 Å². The van der Waals surface area contributed by atoms with Gasteiger partial charge in [-0.25, -0.2) is 13.2 Å². The lowest BCUT2D eigenvalue weighted by atomic mass is 9.96. The number of alkyl halides is 3. The fourth-order valence-electron chi connectivity index (χ4n) is 3.00. The number of sulfonamides is 1. The summed E-state index contributed by atoms with van der Waals surface area (Å²) in [5.74, 6) is -2.71. The maximum Gasteiger partial charge on any atom is 0.416 e. The van der Waals surface area contributed by atoms with Crippen LogP contribution in [0.1, 0.15) is 25.3 Å². The molecule has 1 aliphatic heterocycles. The topological polar surface area (TPSA) is 124 Å². The van der Waals surface area contributed by atoms with Crippen LogP contribution in [0.4, 0.5) is 13.2 Å². The molecule has 3 N–H and O–H groups in total. The molecule has 1 aromatic rings. The van der Waals surface area contributed by atoms with Crippen LogP contribution in [-0.4, -0.2) is 60.0 Å². The number of benzene rings is 1. The molecular weight excluding hydrogens is 417 g/mol. The molecule has 1 amide bonds. The number of rotatable bonds is 6. The molecule has 0 saturated carbocycles. The van der Waals surface area contributed by atoms with Crippen LogP contribution in [0.15, 0.2) is 29.2 Å². The van der Waals surface area contributed by atoms with Crippen molar-refractivity contribution < 1.29 is 41.4 Å². The third kappa shape index (κ3) is 5.46. The van der Waals surface area contributed by atoms with Gasteiger partial charge in [0, 0.05) is 19.0 Å². The average Bonchev–Trinajstić information content (AvgIpc) is 2.65. The molecule has 1 heterocycles. The highest BCUT2D eigenvalue weighted by Gasteiger charge is 2.36. The van der Waals surface area contributed by atoms with Gasteiger partial charge in [-0.2, -0.15) is 17.5 Å². The van der Waals surface area contributed by atoms with E-state index < -0.39 is 56.6 Å². The molecule has 0 spiro atoms. The van der Waals surface area contributed by atoms with E-state index in [1.165, 1.54) is 6.92 Å². The Bertz CT molecular complexity index is 864. The van der Waals surface area contributed by atoms with Crippen molar-refractivity contribution in [1.29, 1.82) is 0 Å². The van der Waals surface area contributed by atoms with E-state index in [0.29, 0.717) is 6.07 Å². The molecule has 0 bridgehead atoms. The number of hydrogen-bond donors (Lipinski definition) is 3. The number of nitrogens with zero attached hydrogens (tertiary/aromatic N) is 1. The molecule has 162 valence electrons. The van der Waals surface area contributed by atoms with Gasteiger partial charge >= 0.3 is 12.1 Å². The van der Waals surface area contributed by atoms with Crippen LogP contribution >= 0.6 is 0 Å². The van der Waals surface area contributed by atoms with Gasteiger partial charge in [0.25, 0.3) is 0 Å². The first kappa shape index (κ1) is 23.1. The summed E-state index contributed by atoms with van der Waals surface area (Å²) in [6, 6.07) is 1.93. The van der Waals surface area contributed by atoms with Gasteiger partial charge in [0.05, 0.1) is 16.6 Å². The highest BCUT2D eigenvalue weighted by molar-refractivity contribution is 7.89. The molecule has 2 atom stereocenters. The Balaban J connectivity index is 2.06. The number of carboxylic acids is 1. The van der Waals surface area contributed by atoms with E-state index >= 15 is 0 Å². The summed E-state index contributed by atoms with van der Waals surface area (Å²) in [4.78, 5) is 22.8. The predicted molar refractivity (Wildman–Crippen MR) is 94.2 cm³/mol. The molecule has 1 aliphatic rings. The lowest BCUT2D eigenvalue weighted by Crippen LogP contribution is -2.51. The van der Waals surface area contributed by atoms with Crippen LogP contribution in [0, 0.1) is 5.92 Å². The van der Waals surface area contributed by atoms with Crippen LogP contribution in [0.25, 0.3) is 0 Å². The van der Waals surface area contributed by atoms with E-state index in [1.54, 1.807) is 0 Å². The fraction of sp³-hybridized carbons (Fsp3) is 0.529. The minimum atomic E-state index is -4.68. The molecule has 0 aliphatic carbocycles. The van der Waals surface area contributed by atoms with Gasteiger partial charge in [-0.3, -0.25) is 4.79 Å². The van der Waals surface area contributed by atoms with Gasteiger partial charge in [0.1, 0.15) is 0 Å². The van der Waals surface area contributed by atoms with Crippen molar-refractivity contribution in [3.8, 4) is 0 Å². The summed E-state index contributed by atoms with van der Waals surface area (Å²) in [6.45, 7) is 0.996. The Morgan fingerprint density at radius 1 is 1.24 bits per heavy atom. The van der Waals surface area contributed by atoms with Crippen LogP contribution in [0.5, 0.6) is 0 Å². The first-order valence-electron chi connectivity index (χ1n) is 8.72. The van der Waals surface area contributed by atoms with Crippen LogP contribution in [0.3, 0.4) is 0 Å². The average molecular weight is 438 g/mol. The van der Waals surface area contributed by atoms with E-state index in [9.17, 15) is 36.3 Å². The summed E-state index contributed by atoms with van der Waals surface area (Å²) in [6.07, 6.45) is -5.87. The fourth-order valence-corrected chi connectivity index (χ4v) is 4.52. The Hall–Kier alpha value is -2.18. The van der Waals surface area contributed by atoms with Gasteiger partial charge in [-0.05, 0) is 38.0 Å². The SMILES string of the molecule is CC(O)C(NC(=O)C1CCN(S(=O)(=O)c2cccc(C(F)(F)F)c2)CC1)C(=O)O. The maximum atomic E-state index is 12.8. The summed E-state index contributed by atoms with van der Waals surface area (Å²) < 4.78 is 64.8. The summed E-state index contributed by atoms with van der Waals surface area (Å²) in [7, 11) is -4.18. The van der Waals surface area contributed by atoms with E-state index in [4.69, 9.17) is 5.11 Å². The van der Waals surface area contributed by atoms with Gasteiger partial charge in [-0.15, -0.1) is 0 Å². The number of aliphatic hydroxyl groups excluding tert-OH is 1. The lowest BCUT2D eigenvalue weighted by Gasteiger charge is -2.31. The second-order valence-corrected chi connectivity index (χ2v) is 8.71. The number of carbonyl (C=O) groups is 2. The number of aliphatic carboxylic acids is 1. The van der Waals surface area contributed by atoms with Gasteiger partial charge < -0.3 is 15.5 Å². The zero-order valence-corrected chi connectivity index (χ0v) is 16.2. The molecule has 2 unspecified atom stereocenters. The quantitative estimate of drug-likeness (QED) is 0.610. The smallest absolute Gasteiger partial charge is 0.416 e. The monoisotopic (exact) mass is 438 g/mol. The van der Waals surface area contributed by atoms with Crippen LogP contribution in [0.2, 0.25) is 0 Å².